The van der Waals surface area contributed by atoms with Crippen molar-refractivity contribution in [2.24, 2.45) is 10.3 Å². The molecule has 3 N–H and O–H groups in total. The van der Waals surface area contributed by atoms with Crippen LogP contribution in [0.25, 0.3) is 0 Å². The van der Waals surface area contributed by atoms with Crippen LogP contribution in [0, 0.1) is 0 Å². The Morgan fingerprint density at radius 3 is 2.44 bits per heavy atom. The highest BCUT2D eigenvalue weighted by atomic mass is 35.5. The Morgan fingerprint density at radius 1 is 1.20 bits per heavy atom. The summed E-state index contributed by atoms with van der Waals surface area (Å²) >= 11 is 11.5. The minimum absolute atomic E-state index is 0.0591. The summed E-state index contributed by atoms with van der Waals surface area (Å²) < 4.78 is 4.64. The van der Waals surface area contributed by atoms with Crippen LogP contribution in [0.2, 0.25) is 10.0 Å². The first-order valence-corrected chi connectivity index (χ1v) is 7.56. The zero-order valence-corrected chi connectivity index (χ0v) is 14.7. The first-order chi connectivity index (χ1) is 11.8. The monoisotopic (exact) mass is 388 g/mol. The number of rotatable bonds is 5. The molecule has 0 aliphatic heterocycles. The highest BCUT2D eigenvalue weighted by molar-refractivity contribution is 6.65. The van der Waals surface area contributed by atoms with Crippen molar-refractivity contribution in [3.8, 4) is 0 Å². The standard InChI is InChI=1S/C14H14Cl2N4O5/c1-3-25-14(23)11(20-24)7(2)18-19-13(22)12(21)17-8-4-5-9(15)10(16)6-8/h4-6,24H,3H2,1-2H3,(H,17,21)(H,19,22)/b18-7+,20-11-. The van der Waals surface area contributed by atoms with Crippen molar-refractivity contribution in [3.63, 3.8) is 0 Å². The van der Waals surface area contributed by atoms with Crippen molar-refractivity contribution < 1.29 is 24.3 Å². The maximum atomic E-state index is 11.8. The third-order valence-corrected chi connectivity index (χ3v) is 3.36. The fraction of sp³-hybridized carbons (Fsp3) is 0.214. The van der Waals surface area contributed by atoms with E-state index in [9.17, 15) is 14.4 Å². The van der Waals surface area contributed by atoms with E-state index in [1.54, 1.807) is 6.92 Å². The summed E-state index contributed by atoms with van der Waals surface area (Å²) in [5, 5.41) is 17.8. The van der Waals surface area contributed by atoms with Gasteiger partial charge in [-0.3, -0.25) is 9.59 Å². The molecule has 0 aromatic heterocycles. The van der Waals surface area contributed by atoms with Gasteiger partial charge in [-0.2, -0.15) is 5.10 Å². The van der Waals surface area contributed by atoms with Gasteiger partial charge in [-0.05, 0) is 32.0 Å². The van der Waals surface area contributed by atoms with Gasteiger partial charge in [-0.1, -0.05) is 28.4 Å². The molecule has 9 nitrogen and oxygen atoms in total. The van der Waals surface area contributed by atoms with Gasteiger partial charge in [0.15, 0.2) is 0 Å². The Hall–Kier alpha value is -2.65. The molecule has 134 valence electrons. The first kappa shape index (κ1) is 20.4. The SMILES string of the molecule is CCOC(=O)C(=N\O)/C(C)=N/NC(=O)C(=O)Nc1ccc(Cl)c(Cl)c1. The summed E-state index contributed by atoms with van der Waals surface area (Å²) in [6.45, 7) is 2.90. The number of halogens is 2. The average molecular weight is 389 g/mol. The second kappa shape index (κ2) is 9.60. The van der Waals surface area contributed by atoms with E-state index in [0.717, 1.165) is 0 Å². The van der Waals surface area contributed by atoms with E-state index in [0.29, 0.717) is 5.02 Å². The molecule has 2 amide bonds. The smallest absolute Gasteiger partial charge is 0.362 e. The van der Waals surface area contributed by atoms with Gasteiger partial charge < -0.3 is 15.3 Å². The second-order valence-corrected chi connectivity index (χ2v) is 5.20. The minimum atomic E-state index is -1.12. The topological polar surface area (TPSA) is 129 Å². The van der Waals surface area contributed by atoms with E-state index in [1.165, 1.54) is 25.1 Å². The lowest BCUT2D eigenvalue weighted by atomic mass is 10.2. The summed E-state index contributed by atoms with van der Waals surface area (Å²) in [7, 11) is 0. The summed E-state index contributed by atoms with van der Waals surface area (Å²) in [5.41, 5.74) is 1.50. The molecular weight excluding hydrogens is 375 g/mol. The predicted octanol–water partition coefficient (Wildman–Crippen LogP) is 1.82. The molecule has 0 heterocycles. The molecule has 1 aromatic carbocycles. The number of hydrogen-bond donors (Lipinski definition) is 3. The normalized spacial score (nSPS) is 11.7. The maximum Gasteiger partial charge on any atom is 0.362 e. The first-order valence-electron chi connectivity index (χ1n) is 6.80. The van der Waals surface area contributed by atoms with Crippen molar-refractivity contribution in [1.82, 2.24) is 5.43 Å². The van der Waals surface area contributed by atoms with Crippen LogP contribution in [-0.2, 0) is 19.1 Å². The number of carbonyl (C=O) groups excluding carboxylic acids is 3. The third-order valence-electron chi connectivity index (χ3n) is 2.62. The van der Waals surface area contributed by atoms with Crippen LogP contribution in [0.15, 0.2) is 28.5 Å². The lowest BCUT2D eigenvalue weighted by Crippen LogP contribution is -2.34. The Morgan fingerprint density at radius 2 is 1.88 bits per heavy atom. The molecule has 1 aromatic rings. The Kier molecular flexibility index (Phi) is 7.83. The number of benzene rings is 1. The van der Waals surface area contributed by atoms with Crippen LogP contribution >= 0.6 is 23.2 Å². The van der Waals surface area contributed by atoms with Gasteiger partial charge in [0.2, 0.25) is 5.71 Å². The predicted molar refractivity (Wildman–Crippen MR) is 92.2 cm³/mol. The number of anilines is 1. The van der Waals surface area contributed by atoms with E-state index in [1.807, 2.05) is 5.43 Å². The van der Waals surface area contributed by atoms with Gasteiger partial charge in [0.25, 0.3) is 0 Å². The third kappa shape index (κ3) is 6.05. The summed E-state index contributed by atoms with van der Waals surface area (Å²) in [5.74, 6) is -3.08. The van der Waals surface area contributed by atoms with Crippen LogP contribution in [-0.4, -0.2) is 41.0 Å². The minimum Gasteiger partial charge on any atom is -0.461 e. The number of oxime groups is 1. The van der Waals surface area contributed by atoms with Crippen LogP contribution < -0.4 is 10.7 Å². The molecular formula is C14H14Cl2N4O5. The molecule has 0 atom stereocenters. The molecule has 0 saturated heterocycles. The van der Waals surface area contributed by atoms with Gasteiger partial charge >= 0.3 is 17.8 Å². The molecule has 25 heavy (non-hydrogen) atoms. The van der Waals surface area contributed by atoms with Crippen molar-refractivity contribution in [2.75, 3.05) is 11.9 Å². The number of hydrazone groups is 1. The van der Waals surface area contributed by atoms with Crippen molar-refractivity contribution >= 4 is 58.1 Å². The van der Waals surface area contributed by atoms with Gasteiger partial charge in [0.05, 0.1) is 22.4 Å². The van der Waals surface area contributed by atoms with Crippen LogP contribution in [0.5, 0.6) is 0 Å². The molecule has 0 fully saturated rings. The van der Waals surface area contributed by atoms with Gasteiger partial charge in [0, 0.05) is 5.69 Å². The number of hydrogen-bond acceptors (Lipinski definition) is 7. The molecule has 0 aliphatic rings. The number of amides is 2. The van der Waals surface area contributed by atoms with Gasteiger partial charge in [-0.15, -0.1) is 0 Å². The fourth-order valence-electron chi connectivity index (χ4n) is 1.46. The van der Waals surface area contributed by atoms with Crippen LogP contribution in [0.1, 0.15) is 13.8 Å². The Labute approximate surface area is 152 Å². The number of ether oxygens (including phenoxy) is 1. The van der Waals surface area contributed by atoms with E-state index >= 15 is 0 Å². The average Bonchev–Trinajstić information content (AvgIpc) is 2.56. The van der Waals surface area contributed by atoms with Gasteiger partial charge in [-0.25, -0.2) is 10.2 Å². The highest BCUT2D eigenvalue weighted by Crippen LogP contribution is 2.24. The lowest BCUT2D eigenvalue weighted by molar-refractivity contribution is -0.136. The largest absolute Gasteiger partial charge is 0.461 e. The number of nitrogens with zero attached hydrogens (tertiary/aromatic N) is 2. The summed E-state index contributed by atoms with van der Waals surface area (Å²) in [6.07, 6.45) is 0. The van der Waals surface area contributed by atoms with Crippen LogP contribution in [0.3, 0.4) is 0 Å². The summed E-state index contributed by atoms with van der Waals surface area (Å²) in [4.78, 5) is 34.9. The molecule has 11 heteroatoms. The van der Waals surface area contributed by atoms with Crippen molar-refractivity contribution in [1.29, 1.82) is 0 Å². The zero-order valence-electron chi connectivity index (χ0n) is 13.2. The Balaban J connectivity index is 2.72. The molecule has 1 rings (SSSR count). The summed E-state index contributed by atoms with van der Waals surface area (Å²) in [6, 6.07) is 4.26. The van der Waals surface area contributed by atoms with Crippen LogP contribution in [0.4, 0.5) is 5.69 Å². The molecule has 0 unspecified atom stereocenters. The van der Waals surface area contributed by atoms with Gasteiger partial charge in [0.1, 0.15) is 0 Å². The zero-order chi connectivity index (χ0) is 19.0. The lowest BCUT2D eigenvalue weighted by Gasteiger charge is -2.06. The van der Waals surface area contributed by atoms with E-state index in [-0.39, 0.29) is 23.0 Å². The van der Waals surface area contributed by atoms with E-state index < -0.39 is 23.5 Å². The quantitative estimate of drug-likeness (QED) is 0.233. The molecule has 0 aliphatic carbocycles. The second-order valence-electron chi connectivity index (χ2n) is 4.39. The highest BCUT2D eigenvalue weighted by Gasteiger charge is 2.19. The van der Waals surface area contributed by atoms with E-state index in [4.69, 9.17) is 28.4 Å². The molecule has 0 radical (unpaired) electrons. The number of esters is 1. The molecule has 0 bridgehead atoms. The van der Waals surface area contributed by atoms with Crippen molar-refractivity contribution in [3.05, 3.63) is 28.2 Å². The van der Waals surface area contributed by atoms with E-state index in [2.05, 4.69) is 20.3 Å². The number of carbonyl (C=O) groups is 3. The number of nitrogens with one attached hydrogen (secondary N) is 2. The van der Waals surface area contributed by atoms with Crippen molar-refractivity contribution in [2.45, 2.75) is 13.8 Å². The maximum absolute atomic E-state index is 11.8. The fourth-order valence-corrected chi connectivity index (χ4v) is 1.76. The molecule has 0 saturated carbocycles. The Bertz CT molecular complexity index is 749. The molecule has 0 spiro atoms.